The Morgan fingerprint density at radius 3 is 2.69 bits per heavy atom. The Kier molecular flexibility index (Phi) is 10.5. The second-order valence-electron chi connectivity index (χ2n) is 7.62. The molecule has 0 aliphatic carbocycles. The van der Waals surface area contributed by atoms with Crippen molar-refractivity contribution in [3.63, 3.8) is 0 Å². The second-order valence-corrected chi connectivity index (χ2v) is 8.97. The van der Waals surface area contributed by atoms with Crippen LogP contribution < -0.4 is 20.8 Å². The molecule has 0 radical (unpaired) electrons. The molecule has 0 unspecified atom stereocenters. The van der Waals surface area contributed by atoms with Gasteiger partial charge in [-0.15, -0.1) is 0 Å². The molecule has 0 atom stereocenters. The molecule has 0 aliphatic heterocycles. The maximum Gasteiger partial charge on any atom is 0.250 e. The van der Waals surface area contributed by atoms with E-state index in [-0.39, 0.29) is 17.4 Å². The largest absolute Gasteiger partial charge is 0.507 e. The minimum Gasteiger partial charge on any atom is -0.507 e. The lowest BCUT2D eigenvalue weighted by Crippen LogP contribution is -2.21. The van der Waals surface area contributed by atoms with Crippen LogP contribution in [-0.4, -0.2) is 44.7 Å². The van der Waals surface area contributed by atoms with E-state index < -0.39 is 0 Å². The normalized spacial score (nSPS) is 10.7. The van der Waals surface area contributed by atoms with Gasteiger partial charge in [0.25, 0.3) is 5.91 Å². The molecule has 0 saturated heterocycles. The van der Waals surface area contributed by atoms with E-state index in [2.05, 4.69) is 38.1 Å². The number of carbonyl (C=O) groups excluding carboxylic acids is 1. The summed E-state index contributed by atoms with van der Waals surface area (Å²) < 4.78 is 5.67. The summed E-state index contributed by atoms with van der Waals surface area (Å²) >= 11 is 6.58. The number of nitrogens with zero attached hydrogens (tertiary/aromatic N) is 3. The number of ether oxygens (including phenoxy) is 1. The molecule has 1 amide bonds. The Labute approximate surface area is 219 Å². The highest BCUT2D eigenvalue weighted by atomic mass is 32.2. The van der Waals surface area contributed by atoms with Gasteiger partial charge in [0.05, 0.1) is 18.6 Å². The summed E-state index contributed by atoms with van der Waals surface area (Å²) in [5, 5.41) is 20.6. The van der Waals surface area contributed by atoms with E-state index in [4.69, 9.17) is 17.0 Å². The predicted molar refractivity (Wildman–Crippen MR) is 148 cm³/mol. The summed E-state index contributed by atoms with van der Waals surface area (Å²) in [6.07, 6.45) is 3.49. The van der Waals surface area contributed by atoms with Crippen LogP contribution in [0.4, 0.5) is 11.5 Å². The zero-order chi connectivity index (χ0) is 25.8. The number of thiocarbonyl (C=S) groups is 1. The number of para-hydroxylation sites is 1. The Morgan fingerprint density at radius 1 is 1.17 bits per heavy atom. The third kappa shape index (κ3) is 9.16. The number of phenolic OH excluding ortho intramolecular Hbond substituents is 1. The Balaban J connectivity index is 1.48. The highest BCUT2D eigenvalue weighted by molar-refractivity contribution is 7.99. The van der Waals surface area contributed by atoms with E-state index in [1.807, 2.05) is 31.2 Å². The number of nitrogens with one attached hydrogen (secondary N) is 3. The quantitative estimate of drug-likeness (QED) is 0.0705. The van der Waals surface area contributed by atoms with Gasteiger partial charge in [0.2, 0.25) is 0 Å². The van der Waals surface area contributed by atoms with Crippen molar-refractivity contribution in [2.24, 2.45) is 5.10 Å². The molecule has 188 valence electrons. The molecule has 1 aromatic heterocycles. The second kappa shape index (κ2) is 14.0. The fourth-order valence-corrected chi connectivity index (χ4v) is 3.77. The number of phenols is 1. The molecule has 0 aliphatic rings. The molecule has 3 aromatic rings. The van der Waals surface area contributed by atoms with Crippen LogP contribution in [0.3, 0.4) is 0 Å². The number of aromatic nitrogens is 2. The third-order valence-electron chi connectivity index (χ3n) is 4.62. The van der Waals surface area contributed by atoms with Gasteiger partial charge < -0.3 is 20.5 Å². The van der Waals surface area contributed by atoms with Crippen LogP contribution in [0.1, 0.15) is 31.0 Å². The molecule has 3 rings (SSSR count). The zero-order valence-corrected chi connectivity index (χ0v) is 21.7. The summed E-state index contributed by atoms with van der Waals surface area (Å²) in [6, 6.07) is 16.0. The smallest absolute Gasteiger partial charge is 0.250 e. The Hall–Kier alpha value is -3.70. The number of amides is 1. The van der Waals surface area contributed by atoms with Gasteiger partial charge in [0.15, 0.2) is 10.3 Å². The number of hydrogen-bond acceptors (Lipinski definition) is 8. The topological polar surface area (TPSA) is 121 Å². The van der Waals surface area contributed by atoms with Crippen LogP contribution >= 0.6 is 24.0 Å². The number of benzene rings is 2. The van der Waals surface area contributed by atoms with Crippen LogP contribution in [0, 0.1) is 6.92 Å². The van der Waals surface area contributed by atoms with E-state index in [0.29, 0.717) is 28.3 Å². The lowest BCUT2D eigenvalue weighted by atomic mass is 10.2. The van der Waals surface area contributed by atoms with E-state index in [9.17, 15) is 9.90 Å². The highest BCUT2D eigenvalue weighted by Gasteiger charge is 2.08. The maximum atomic E-state index is 12.1. The van der Waals surface area contributed by atoms with Gasteiger partial charge in [0.1, 0.15) is 17.3 Å². The standard InChI is InChI=1S/C25H28N6O3S2/c1-3-4-13-34-20-11-9-19(10-12-20)28-24(35)29-22-14-17(2)27-25(30-22)36-16-23(33)31-26-15-18-7-5-6-8-21(18)32/h5-12,14-15,32H,3-4,13,16H2,1-2H3,(H,31,33)(H2,27,28,29,30,35). The first kappa shape index (κ1) is 26.9. The number of unbranched alkanes of at least 4 members (excludes halogenated alkanes) is 1. The molecule has 4 N–H and O–H groups in total. The number of anilines is 2. The number of aryl methyl sites for hydroxylation is 1. The van der Waals surface area contributed by atoms with Crippen LogP contribution in [0.25, 0.3) is 0 Å². The van der Waals surface area contributed by atoms with Crippen LogP contribution in [0.15, 0.2) is 64.9 Å². The van der Waals surface area contributed by atoms with Crippen molar-refractivity contribution in [3.8, 4) is 11.5 Å². The monoisotopic (exact) mass is 524 g/mol. The highest BCUT2D eigenvalue weighted by Crippen LogP contribution is 2.19. The van der Waals surface area contributed by atoms with Crippen molar-refractivity contribution in [2.45, 2.75) is 31.8 Å². The molecular formula is C25H28N6O3S2. The molecule has 11 heteroatoms. The third-order valence-corrected chi connectivity index (χ3v) is 5.67. The first-order valence-corrected chi connectivity index (χ1v) is 12.7. The summed E-state index contributed by atoms with van der Waals surface area (Å²) in [4.78, 5) is 20.9. The average molecular weight is 525 g/mol. The number of hydrazone groups is 1. The van der Waals surface area contributed by atoms with Gasteiger partial charge in [-0.2, -0.15) is 5.10 Å². The van der Waals surface area contributed by atoms with Crippen molar-refractivity contribution in [1.29, 1.82) is 0 Å². The van der Waals surface area contributed by atoms with Crippen LogP contribution in [-0.2, 0) is 4.79 Å². The summed E-state index contributed by atoms with van der Waals surface area (Å²) in [5.41, 5.74) is 4.47. The van der Waals surface area contributed by atoms with Gasteiger partial charge in [0, 0.05) is 23.0 Å². The van der Waals surface area contributed by atoms with Crippen molar-refractivity contribution >= 4 is 52.7 Å². The predicted octanol–water partition coefficient (Wildman–Crippen LogP) is 4.72. The lowest BCUT2D eigenvalue weighted by Gasteiger charge is -2.12. The van der Waals surface area contributed by atoms with Gasteiger partial charge >= 0.3 is 0 Å². The number of thioether (sulfide) groups is 1. The Morgan fingerprint density at radius 2 is 1.94 bits per heavy atom. The van der Waals surface area contributed by atoms with Crippen LogP contribution in [0.2, 0.25) is 0 Å². The molecule has 0 saturated carbocycles. The van der Waals surface area contributed by atoms with E-state index in [1.165, 1.54) is 18.0 Å². The van der Waals surface area contributed by atoms with Crippen molar-refractivity contribution < 1.29 is 14.6 Å². The fraction of sp³-hybridized carbons (Fsp3) is 0.240. The van der Waals surface area contributed by atoms with Crippen molar-refractivity contribution in [3.05, 3.63) is 65.9 Å². The van der Waals surface area contributed by atoms with E-state index >= 15 is 0 Å². The van der Waals surface area contributed by atoms with Gasteiger partial charge in [-0.05, 0) is 62.0 Å². The molecular weight excluding hydrogens is 496 g/mol. The first-order valence-electron chi connectivity index (χ1n) is 11.3. The molecule has 36 heavy (non-hydrogen) atoms. The van der Waals surface area contributed by atoms with Gasteiger partial charge in [-0.3, -0.25) is 4.79 Å². The fourth-order valence-electron chi connectivity index (χ4n) is 2.85. The number of carbonyl (C=O) groups is 1. The summed E-state index contributed by atoms with van der Waals surface area (Å²) in [5.74, 6) is 1.15. The van der Waals surface area contributed by atoms with E-state index in [1.54, 1.807) is 30.3 Å². The van der Waals surface area contributed by atoms with Crippen molar-refractivity contribution in [2.75, 3.05) is 23.0 Å². The number of rotatable bonds is 11. The Bertz CT molecular complexity index is 1200. The maximum absolute atomic E-state index is 12.1. The molecule has 0 bridgehead atoms. The molecule has 2 aromatic carbocycles. The van der Waals surface area contributed by atoms with Gasteiger partial charge in [-0.25, -0.2) is 15.4 Å². The molecule has 0 spiro atoms. The average Bonchev–Trinajstić information content (AvgIpc) is 2.85. The lowest BCUT2D eigenvalue weighted by molar-refractivity contribution is -0.118. The molecule has 1 heterocycles. The van der Waals surface area contributed by atoms with Gasteiger partial charge in [-0.1, -0.05) is 37.2 Å². The van der Waals surface area contributed by atoms with E-state index in [0.717, 1.165) is 30.0 Å². The number of hydrogen-bond donors (Lipinski definition) is 4. The summed E-state index contributed by atoms with van der Waals surface area (Å²) in [7, 11) is 0. The van der Waals surface area contributed by atoms with Crippen LogP contribution in [0.5, 0.6) is 11.5 Å². The SMILES string of the molecule is CCCCOc1ccc(NC(=S)Nc2cc(C)nc(SCC(=O)NN=Cc3ccccc3O)n2)cc1. The molecule has 0 fully saturated rings. The molecule has 9 nitrogen and oxygen atoms in total. The number of aromatic hydroxyl groups is 1. The minimum atomic E-state index is -0.328. The minimum absolute atomic E-state index is 0.0659. The first-order chi connectivity index (χ1) is 17.4. The summed E-state index contributed by atoms with van der Waals surface area (Å²) in [6.45, 7) is 4.66. The van der Waals surface area contributed by atoms with Crippen molar-refractivity contribution in [1.82, 2.24) is 15.4 Å². The zero-order valence-electron chi connectivity index (χ0n) is 20.0.